The zero-order valence-electron chi connectivity index (χ0n) is 10.9. The summed E-state index contributed by atoms with van der Waals surface area (Å²) in [6, 6.07) is 14.4. The van der Waals surface area contributed by atoms with Gasteiger partial charge in [-0.15, -0.1) is 0 Å². The van der Waals surface area contributed by atoms with Crippen molar-refractivity contribution in [3.63, 3.8) is 0 Å². The number of rotatable bonds is 4. The third-order valence-electron chi connectivity index (χ3n) is 2.95. The first-order chi connectivity index (χ1) is 9.38. The molecule has 0 saturated heterocycles. The lowest BCUT2D eigenvalue weighted by Gasteiger charge is -2.17. The van der Waals surface area contributed by atoms with E-state index in [1.54, 1.807) is 12.1 Å². The molecule has 0 radical (unpaired) electrons. The van der Waals surface area contributed by atoms with E-state index in [0.29, 0.717) is 0 Å². The van der Waals surface area contributed by atoms with Crippen molar-refractivity contribution in [2.45, 2.75) is 17.9 Å². The third-order valence-corrected chi connectivity index (χ3v) is 4.58. The summed E-state index contributed by atoms with van der Waals surface area (Å²) < 4.78 is 23.4. The van der Waals surface area contributed by atoms with Crippen LogP contribution >= 0.6 is 15.9 Å². The van der Waals surface area contributed by atoms with Gasteiger partial charge in [0.05, 0.1) is 4.90 Å². The molecule has 1 atom stereocenters. The standard InChI is InChI=1S/C14H15BrN2O2S/c1-10(17-14-5-3-2-4-13(14)15)11-6-8-12(9-7-11)20(16,18)19/h2-10,17H,1H3,(H2,16,18,19). The number of nitrogens with one attached hydrogen (secondary N) is 1. The Morgan fingerprint density at radius 2 is 1.70 bits per heavy atom. The number of hydrogen-bond donors (Lipinski definition) is 2. The number of benzene rings is 2. The summed E-state index contributed by atoms with van der Waals surface area (Å²) >= 11 is 3.48. The van der Waals surface area contributed by atoms with Crippen molar-refractivity contribution >= 4 is 31.6 Å². The van der Waals surface area contributed by atoms with E-state index in [2.05, 4.69) is 21.2 Å². The topological polar surface area (TPSA) is 72.2 Å². The van der Waals surface area contributed by atoms with Crippen LogP contribution in [0.2, 0.25) is 0 Å². The molecule has 2 aromatic rings. The first kappa shape index (κ1) is 15.0. The molecule has 106 valence electrons. The van der Waals surface area contributed by atoms with Crippen molar-refractivity contribution in [2.24, 2.45) is 5.14 Å². The molecule has 0 fully saturated rings. The molecule has 0 spiro atoms. The zero-order chi connectivity index (χ0) is 14.8. The minimum Gasteiger partial charge on any atom is -0.378 e. The van der Waals surface area contributed by atoms with Crippen molar-refractivity contribution < 1.29 is 8.42 Å². The molecular formula is C14H15BrN2O2S. The van der Waals surface area contributed by atoms with Crippen LogP contribution in [0.25, 0.3) is 0 Å². The predicted molar refractivity (Wildman–Crippen MR) is 84.0 cm³/mol. The molecule has 0 aromatic heterocycles. The fourth-order valence-corrected chi connectivity index (χ4v) is 2.76. The molecule has 0 saturated carbocycles. The molecule has 0 heterocycles. The fraction of sp³-hybridized carbons (Fsp3) is 0.143. The van der Waals surface area contributed by atoms with Crippen molar-refractivity contribution in [1.82, 2.24) is 0 Å². The van der Waals surface area contributed by atoms with Gasteiger partial charge in [-0.25, -0.2) is 13.6 Å². The largest absolute Gasteiger partial charge is 0.378 e. The van der Waals surface area contributed by atoms with Crippen molar-refractivity contribution in [1.29, 1.82) is 0 Å². The Morgan fingerprint density at radius 3 is 2.25 bits per heavy atom. The molecule has 6 heteroatoms. The lowest BCUT2D eigenvalue weighted by atomic mass is 10.1. The summed E-state index contributed by atoms with van der Waals surface area (Å²) in [6.45, 7) is 2.01. The quantitative estimate of drug-likeness (QED) is 0.884. The highest BCUT2D eigenvalue weighted by molar-refractivity contribution is 9.10. The number of anilines is 1. The van der Waals surface area contributed by atoms with E-state index in [0.717, 1.165) is 15.7 Å². The number of para-hydroxylation sites is 1. The predicted octanol–water partition coefficient (Wildman–Crippen LogP) is 3.27. The normalized spacial score (nSPS) is 12.9. The van der Waals surface area contributed by atoms with Crippen molar-refractivity contribution in [3.05, 3.63) is 58.6 Å². The van der Waals surface area contributed by atoms with E-state index in [1.165, 1.54) is 12.1 Å². The Bertz CT molecular complexity index is 699. The van der Waals surface area contributed by atoms with E-state index in [9.17, 15) is 8.42 Å². The van der Waals surface area contributed by atoms with Gasteiger partial charge in [-0.3, -0.25) is 0 Å². The van der Waals surface area contributed by atoms with E-state index in [-0.39, 0.29) is 10.9 Å². The molecule has 0 aliphatic heterocycles. The summed E-state index contributed by atoms with van der Waals surface area (Å²) in [5, 5.41) is 8.43. The number of sulfonamides is 1. The Hall–Kier alpha value is -1.37. The van der Waals surface area contributed by atoms with E-state index in [4.69, 9.17) is 5.14 Å². The van der Waals surface area contributed by atoms with Gasteiger partial charge in [0, 0.05) is 16.2 Å². The Balaban J connectivity index is 2.18. The maximum absolute atomic E-state index is 11.2. The van der Waals surface area contributed by atoms with Gasteiger partial charge >= 0.3 is 0 Å². The summed E-state index contributed by atoms with van der Waals surface area (Å²) in [6.07, 6.45) is 0. The Kier molecular flexibility index (Phi) is 4.47. The third kappa shape index (κ3) is 3.59. The second-order valence-electron chi connectivity index (χ2n) is 4.46. The molecular weight excluding hydrogens is 340 g/mol. The SMILES string of the molecule is CC(Nc1ccccc1Br)c1ccc(S(N)(=O)=O)cc1. The van der Waals surface area contributed by atoms with Gasteiger partial charge in [0.25, 0.3) is 0 Å². The molecule has 0 amide bonds. The van der Waals surface area contributed by atoms with Crippen molar-refractivity contribution in [2.75, 3.05) is 5.32 Å². The van der Waals surface area contributed by atoms with Gasteiger partial charge in [0.15, 0.2) is 0 Å². The van der Waals surface area contributed by atoms with Crippen LogP contribution in [-0.4, -0.2) is 8.42 Å². The van der Waals surface area contributed by atoms with Crippen LogP contribution in [0.3, 0.4) is 0 Å². The van der Waals surface area contributed by atoms with Crippen LogP contribution in [0.5, 0.6) is 0 Å². The summed E-state index contributed by atoms with van der Waals surface area (Å²) in [5.41, 5.74) is 1.96. The van der Waals surface area contributed by atoms with Gasteiger partial charge in [-0.1, -0.05) is 24.3 Å². The first-order valence-corrected chi connectivity index (χ1v) is 8.35. The molecule has 0 aliphatic rings. The zero-order valence-corrected chi connectivity index (χ0v) is 13.3. The molecule has 1 unspecified atom stereocenters. The van der Waals surface area contributed by atoms with Gasteiger partial charge in [-0.2, -0.15) is 0 Å². The number of hydrogen-bond acceptors (Lipinski definition) is 3. The summed E-state index contributed by atoms with van der Waals surface area (Å²) in [4.78, 5) is 0.120. The van der Waals surface area contributed by atoms with Crippen molar-refractivity contribution in [3.8, 4) is 0 Å². The van der Waals surface area contributed by atoms with Crippen LogP contribution in [0, 0.1) is 0 Å². The molecule has 4 nitrogen and oxygen atoms in total. The van der Waals surface area contributed by atoms with Gasteiger partial charge < -0.3 is 5.32 Å². The molecule has 0 aliphatic carbocycles. The van der Waals surface area contributed by atoms with Gasteiger partial charge in [0.2, 0.25) is 10.0 Å². The van der Waals surface area contributed by atoms with Crippen LogP contribution in [0.1, 0.15) is 18.5 Å². The van der Waals surface area contributed by atoms with Crippen LogP contribution < -0.4 is 10.5 Å². The lowest BCUT2D eigenvalue weighted by Crippen LogP contribution is -2.12. The Morgan fingerprint density at radius 1 is 1.10 bits per heavy atom. The number of nitrogens with two attached hydrogens (primary N) is 1. The highest BCUT2D eigenvalue weighted by Gasteiger charge is 2.10. The average molecular weight is 355 g/mol. The summed E-state index contributed by atoms with van der Waals surface area (Å²) in [7, 11) is -3.64. The molecule has 3 N–H and O–H groups in total. The van der Waals surface area contributed by atoms with E-state index < -0.39 is 10.0 Å². The second kappa shape index (κ2) is 5.95. The van der Waals surface area contributed by atoms with Gasteiger partial charge in [0.1, 0.15) is 0 Å². The number of halogens is 1. The first-order valence-electron chi connectivity index (χ1n) is 6.02. The van der Waals surface area contributed by atoms with Crippen LogP contribution in [-0.2, 0) is 10.0 Å². The second-order valence-corrected chi connectivity index (χ2v) is 6.88. The maximum Gasteiger partial charge on any atom is 0.238 e. The van der Waals surface area contributed by atoms with E-state index in [1.807, 2.05) is 31.2 Å². The van der Waals surface area contributed by atoms with Crippen LogP contribution in [0.15, 0.2) is 57.9 Å². The molecule has 2 rings (SSSR count). The monoisotopic (exact) mass is 354 g/mol. The molecule has 0 bridgehead atoms. The molecule has 2 aromatic carbocycles. The average Bonchev–Trinajstić information content (AvgIpc) is 2.40. The fourth-order valence-electron chi connectivity index (χ4n) is 1.84. The van der Waals surface area contributed by atoms with E-state index >= 15 is 0 Å². The molecule has 20 heavy (non-hydrogen) atoms. The minimum absolute atomic E-state index is 0.0447. The smallest absolute Gasteiger partial charge is 0.238 e. The maximum atomic E-state index is 11.2. The van der Waals surface area contributed by atoms with Crippen LogP contribution in [0.4, 0.5) is 5.69 Å². The highest BCUT2D eigenvalue weighted by atomic mass is 79.9. The minimum atomic E-state index is -3.64. The van der Waals surface area contributed by atoms with Gasteiger partial charge in [-0.05, 0) is 52.7 Å². The Labute approximate surface area is 127 Å². The highest BCUT2D eigenvalue weighted by Crippen LogP contribution is 2.26. The number of primary sulfonamides is 1. The summed E-state index contributed by atoms with van der Waals surface area (Å²) in [5.74, 6) is 0. The lowest BCUT2D eigenvalue weighted by molar-refractivity contribution is 0.597.